The summed E-state index contributed by atoms with van der Waals surface area (Å²) < 4.78 is 23.0. The fourth-order valence-corrected chi connectivity index (χ4v) is 4.35. The Balaban J connectivity index is 1.87. The first-order chi connectivity index (χ1) is 10.8. The van der Waals surface area contributed by atoms with Gasteiger partial charge in [-0.05, 0) is 31.0 Å². The van der Waals surface area contributed by atoms with Gasteiger partial charge in [-0.25, -0.2) is 8.42 Å². The number of hydrogen-bond acceptors (Lipinski definition) is 6. The Morgan fingerprint density at radius 2 is 2.09 bits per heavy atom. The van der Waals surface area contributed by atoms with Crippen molar-refractivity contribution in [2.45, 2.75) is 12.8 Å². The maximum atomic E-state index is 11.5. The van der Waals surface area contributed by atoms with Gasteiger partial charge in [0.15, 0.2) is 0 Å². The van der Waals surface area contributed by atoms with Gasteiger partial charge in [-0.15, -0.1) is 0 Å². The fourth-order valence-electron chi connectivity index (χ4n) is 2.85. The summed E-state index contributed by atoms with van der Waals surface area (Å²) in [5.74, 6) is 0.158. The van der Waals surface area contributed by atoms with Gasteiger partial charge in [0, 0.05) is 30.5 Å². The lowest BCUT2D eigenvalue weighted by atomic mass is 10.1. The van der Waals surface area contributed by atoms with E-state index in [4.69, 9.17) is 0 Å². The molecule has 0 atom stereocenters. The summed E-state index contributed by atoms with van der Waals surface area (Å²) in [6.07, 6.45) is 4.56. The highest BCUT2D eigenvalue weighted by Gasteiger charge is 2.45. The summed E-state index contributed by atoms with van der Waals surface area (Å²) in [6.45, 7) is 0.517. The zero-order chi connectivity index (χ0) is 16.7. The van der Waals surface area contributed by atoms with Gasteiger partial charge in [0.05, 0.1) is 21.7 Å². The fraction of sp³-hybridized carbons (Fsp3) is 0.400. The standard InChI is InChI=1S/C15H17N3O4S/c1-23(21,22)10-15(6-7-15)9-17-12-4-5-13(18(19)20)11-3-2-8-16-14(11)12/h2-5,8,17H,6-7,9-10H2,1H3. The lowest BCUT2D eigenvalue weighted by Crippen LogP contribution is -2.24. The number of aromatic nitrogens is 1. The van der Waals surface area contributed by atoms with E-state index in [-0.39, 0.29) is 16.9 Å². The molecule has 122 valence electrons. The van der Waals surface area contributed by atoms with E-state index in [0.29, 0.717) is 23.1 Å². The molecule has 0 amide bonds. The number of nitro benzene ring substituents is 1. The van der Waals surface area contributed by atoms with Gasteiger partial charge in [0.25, 0.3) is 5.69 Å². The predicted octanol–water partition coefficient (Wildman–Crippen LogP) is 2.38. The molecule has 23 heavy (non-hydrogen) atoms. The molecule has 3 rings (SSSR count). The highest BCUT2D eigenvalue weighted by atomic mass is 32.2. The van der Waals surface area contributed by atoms with Gasteiger partial charge in [0.2, 0.25) is 0 Å². The molecular formula is C15H17N3O4S. The van der Waals surface area contributed by atoms with Crippen molar-refractivity contribution in [3.05, 3.63) is 40.6 Å². The van der Waals surface area contributed by atoms with Crippen LogP contribution in [0.25, 0.3) is 10.9 Å². The highest BCUT2D eigenvalue weighted by Crippen LogP contribution is 2.47. The van der Waals surface area contributed by atoms with Gasteiger partial charge in [-0.3, -0.25) is 15.1 Å². The molecule has 8 heteroatoms. The molecule has 1 aliphatic rings. The minimum Gasteiger partial charge on any atom is -0.383 e. The molecule has 1 aromatic carbocycles. The molecule has 1 fully saturated rings. The largest absolute Gasteiger partial charge is 0.383 e. The average Bonchev–Trinajstić information content (AvgIpc) is 3.22. The highest BCUT2D eigenvalue weighted by molar-refractivity contribution is 7.90. The SMILES string of the molecule is CS(=O)(=O)CC1(CNc2ccc([N+](=O)[O-])c3cccnc23)CC1. The predicted molar refractivity (Wildman–Crippen MR) is 88.3 cm³/mol. The normalized spacial score (nSPS) is 16.2. The summed E-state index contributed by atoms with van der Waals surface area (Å²) in [5.41, 5.74) is 0.995. The van der Waals surface area contributed by atoms with E-state index < -0.39 is 14.8 Å². The van der Waals surface area contributed by atoms with Crippen LogP contribution in [0.5, 0.6) is 0 Å². The number of rotatable bonds is 6. The number of hydrogen-bond donors (Lipinski definition) is 1. The van der Waals surface area contributed by atoms with Gasteiger partial charge in [-0.1, -0.05) is 0 Å². The first-order valence-corrected chi connectivity index (χ1v) is 9.30. The van der Waals surface area contributed by atoms with Gasteiger partial charge >= 0.3 is 0 Å². The Bertz CT molecular complexity index is 875. The number of anilines is 1. The van der Waals surface area contributed by atoms with Gasteiger partial charge < -0.3 is 5.32 Å². The number of fused-ring (bicyclic) bond motifs is 1. The van der Waals surface area contributed by atoms with Crippen LogP contribution in [-0.2, 0) is 9.84 Å². The van der Waals surface area contributed by atoms with Crippen molar-refractivity contribution in [2.24, 2.45) is 5.41 Å². The molecule has 2 aromatic rings. The van der Waals surface area contributed by atoms with Crippen LogP contribution in [0.15, 0.2) is 30.5 Å². The number of nitrogens with one attached hydrogen (secondary N) is 1. The van der Waals surface area contributed by atoms with E-state index in [1.165, 1.54) is 12.3 Å². The van der Waals surface area contributed by atoms with E-state index in [2.05, 4.69) is 10.3 Å². The molecule has 0 unspecified atom stereocenters. The van der Waals surface area contributed by atoms with E-state index in [9.17, 15) is 18.5 Å². The van der Waals surface area contributed by atoms with Crippen molar-refractivity contribution in [2.75, 3.05) is 23.9 Å². The first-order valence-electron chi connectivity index (χ1n) is 7.23. The van der Waals surface area contributed by atoms with Crippen molar-refractivity contribution in [3.8, 4) is 0 Å². The second kappa shape index (κ2) is 5.45. The van der Waals surface area contributed by atoms with Crippen LogP contribution in [0.3, 0.4) is 0 Å². The molecule has 0 spiro atoms. The van der Waals surface area contributed by atoms with Crippen molar-refractivity contribution in [3.63, 3.8) is 0 Å². The molecule has 0 aliphatic heterocycles. The number of benzene rings is 1. The zero-order valence-corrected chi connectivity index (χ0v) is 13.5. The summed E-state index contributed by atoms with van der Waals surface area (Å²) in [7, 11) is -3.03. The second-order valence-corrected chi connectivity index (χ2v) is 8.35. The number of non-ortho nitro benzene ring substituents is 1. The summed E-state index contributed by atoms with van der Waals surface area (Å²) in [6, 6.07) is 6.40. The molecule has 0 radical (unpaired) electrons. The van der Waals surface area contributed by atoms with Gasteiger partial charge in [0.1, 0.15) is 15.4 Å². The quantitative estimate of drug-likeness (QED) is 0.642. The summed E-state index contributed by atoms with van der Waals surface area (Å²) in [4.78, 5) is 14.9. The topological polar surface area (TPSA) is 102 Å². The Morgan fingerprint density at radius 3 is 2.70 bits per heavy atom. The number of nitro groups is 1. The third kappa shape index (κ3) is 3.42. The Kier molecular flexibility index (Phi) is 3.71. The van der Waals surface area contributed by atoms with Crippen molar-refractivity contribution in [1.82, 2.24) is 4.98 Å². The third-order valence-corrected chi connectivity index (χ3v) is 5.26. The number of sulfone groups is 1. The molecule has 1 aliphatic carbocycles. The maximum absolute atomic E-state index is 11.5. The maximum Gasteiger partial charge on any atom is 0.278 e. The molecule has 7 nitrogen and oxygen atoms in total. The van der Waals surface area contributed by atoms with Crippen LogP contribution >= 0.6 is 0 Å². The van der Waals surface area contributed by atoms with Crippen LogP contribution in [0.4, 0.5) is 11.4 Å². The van der Waals surface area contributed by atoms with E-state index in [0.717, 1.165) is 12.8 Å². The molecular weight excluding hydrogens is 318 g/mol. The lowest BCUT2D eigenvalue weighted by molar-refractivity contribution is -0.383. The Labute approximate surface area is 133 Å². The van der Waals surface area contributed by atoms with E-state index in [1.807, 2.05) is 0 Å². The molecule has 0 bridgehead atoms. The Morgan fingerprint density at radius 1 is 1.35 bits per heavy atom. The molecule has 1 N–H and O–H groups in total. The minimum absolute atomic E-state index is 0.0101. The van der Waals surface area contributed by atoms with Crippen LogP contribution in [0.1, 0.15) is 12.8 Å². The lowest BCUT2D eigenvalue weighted by Gasteiger charge is -2.16. The zero-order valence-electron chi connectivity index (χ0n) is 12.7. The second-order valence-electron chi connectivity index (χ2n) is 6.21. The number of nitrogens with zero attached hydrogens (tertiary/aromatic N) is 2. The van der Waals surface area contributed by atoms with Crippen LogP contribution in [0.2, 0.25) is 0 Å². The third-order valence-electron chi connectivity index (χ3n) is 4.12. The smallest absolute Gasteiger partial charge is 0.278 e. The van der Waals surface area contributed by atoms with Crippen molar-refractivity contribution in [1.29, 1.82) is 0 Å². The van der Waals surface area contributed by atoms with Gasteiger partial charge in [-0.2, -0.15) is 0 Å². The van der Waals surface area contributed by atoms with E-state index >= 15 is 0 Å². The van der Waals surface area contributed by atoms with Crippen LogP contribution in [0, 0.1) is 15.5 Å². The first kappa shape index (κ1) is 15.7. The van der Waals surface area contributed by atoms with Crippen LogP contribution in [-0.4, -0.2) is 36.9 Å². The van der Waals surface area contributed by atoms with Crippen molar-refractivity contribution < 1.29 is 13.3 Å². The number of pyridine rings is 1. The average molecular weight is 335 g/mol. The monoisotopic (exact) mass is 335 g/mol. The van der Waals surface area contributed by atoms with Crippen molar-refractivity contribution >= 4 is 32.1 Å². The molecule has 0 saturated heterocycles. The molecule has 1 saturated carbocycles. The summed E-state index contributed by atoms with van der Waals surface area (Å²) >= 11 is 0. The molecule has 1 aromatic heterocycles. The minimum atomic E-state index is -3.03. The molecule has 1 heterocycles. The van der Waals surface area contributed by atoms with Crippen LogP contribution < -0.4 is 5.32 Å². The Hall–Kier alpha value is -2.22. The van der Waals surface area contributed by atoms with E-state index in [1.54, 1.807) is 24.4 Å². The summed E-state index contributed by atoms with van der Waals surface area (Å²) in [5, 5.41) is 14.8.